The molecule has 0 nitrogen and oxygen atoms in total. The van der Waals surface area contributed by atoms with E-state index in [0.717, 1.165) is 17.8 Å². The van der Waals surface area contributed by atoms with Crippen LogP contribution in [0.5, 0.6) is 0 Å². The van der Waals surface area contributed by atoms with Crippen molar-refractivity contribution >= 4 is 8.07 Å². The van der Waals surface area contributed by atoms with Crippen molar-refractivity contribution in [2.24, 2.45) is 17.8 Å². The molecule has 0 radical (unpaired) electrons. The molecule has 0 bridgehead atoms. The zero-order valence-corrected chi connectivity index (χ0v) is 19.6. The van der Waals surface area contributed by atoms with E-state index in [9.17, 15) is 0 Å². The maximum absolute atomic E-state index is 2.50. The van der Waals surface area contributed by atoms with Crippen LogP contribution in [0.25, 0.3) is 0 Å². The Bertz CT molecular complexity index is 346. The number of unbranched alkanes of at least 4 members (excludes halogenated alkanes) is 5. The number of allylic oxidation sites excluding steroid dienone is 4. The summed E-state index contributed by atoms with van der Waals surface area (Å²) < 4.78 is 0. The summed E-state index contributed by atoms with van der Waals surface area (Å²) >= 11 is 0. The molecular formula is C24H48Si. The first kappa shape index (κ1) is 24.7. The number of rotatable bonds is 15. The highest BCUT2D eigenvalue weighted by Gasteiger charge is 2.21. The van der Waals surface area contributed by atoms with Crippen LogP contribution in [0.4, 0.5) is 0 Å². The predicted octanol–water partition coefficient (Wildman–Crippen LogP) is 8.88. The molecule has 0 saturated heterocycles. The molecular weight excluding hydrogens is 316 g/mol. The fraction of sp³-hybridized carbons (Fsp3) is 0.833. The maximum atomic E-state index is 2.50. The summed E-state index contributed by atoms with van der Waals surface area (Å²) in [6.45, 7) is 16.9. The minimum absolute atomic E-state index is 0.766. The fourth-order valence-corrected chi connectivity index (χ4v) is 5.98. The minimum atomic E-state index is -0.950. The van der Waals surface area contributed by atoms with Crippen molar-refractivity contribution in [2.45, 2.75) is 111 Å². The number of hydrogen-bond donors (Lipinski definition) is 0. The summed E-state index contributed by atoms with van der Waals surface area (Å²) in [6.07, 6.45) is 21.8. The van der Waals surface area contributed by atoms with Gasteiger partial charge in [0.25, 0.3) is 0 Å². The predicted molar refractivity (Wildman–Crippen MR) is 121 cm³/mol. The third-order valence-corrected chi connectivity index (χ3v) is 6.91. The quantitative estimate of drug-likeness (QED) is 0.154. The molecule has 0 aromatic heterocycles. The first-order chi connectivity index (χ1) is 11.8. The van der Waals surface area contributed by atoms with Crippen LogP contribution in [-0.2, 0) is 0 Å². The molecule has 0 heterocycles. The molecule has 0 N–H and O–H groups in total. The summed E-state index contributed by atoms with van der Waals surface area (Å²) in [5, 5.41) is 0. The smallest absolute Gasteiger partial charge is 0.0445 e. The molecule has 0 saturated carbocycles. The van der Waals surface area contributed by atoms with Gasteiger partial charge >= 0.3 is 0 Å². The van der Waals surface area contributed by atoms with Gasteiger partial charge in [0.1, 0.15) is 0 Å². The topological polar surface area (TPSA) is 0 Å². The highest BCUT2D eigenvalue weighted by Crippen LogP contribution is 2.27. The van der Waals surface area contributed by atoms with Crippen LogP contribution in [0.1, 0.15) is 85.5 Å². The van der Waals surface area contributed by atoms with Crippen LogP contribution >= 0.6 is 0 Å². The van der Waals surface area contributed by atoms with E-state index < -0.39 is 8.07 Å². The Hall–Kier alpha value is -0.303. The van der Waals surface area contributed by atoms with E-state index >= 15 is 0 Å². The molecule has 0 amide bonds. The van der Waals surface area contributed by atoms with Gasteiger partial charge < -0.3 is 0 Å². The molecule has 2 atom stereocenters. The van der Waals surface area contributed by atoms with E-state index in [1.165, 1.54) is 63.8 Å². The third kappa shape index (κ3) is 16.9. The Labute approximate surface area is 161 Å². The minimum Gasteiger partial charge on any atom is -0.0845 e. The highest BCUT2D eigenvalue weighted by molar-refractivity contribution is 6.76. The molecule has 0 aromatic carbocycles. The van der Waals surface area contributed by atoms with E-state index in [0.29, 0.717) is 0 Å². The third-order valence-electron chi connectivity index (χ3n) is 5.05. The second-order valence-corrected chi connectivity index (χ2v) is 15.3. The summed E-state index contributed by atoms with van der Waals surface area (Å²) in [7, 11) is -0.950. The SMILES string of the molecule is CCCC(/C=C/C=C/CCCCCCCC(C)C)C(C)C[Si](C)(C)C. The molecule has 25 heavy (non-hydrogen) atoms. The van der Waals surface area contributed by atoms with E-state index in [-0.39, 0.29) is 0 Å². The Morgan fingerprint density at radius 3 is 2.04 bits per heavy atom. The lowest BCUT2D eigenvalue weighted by Gasteiger charge is -2.26. The normalized spacial score (nSPS) is 15.5. The molecule has 0 rings (SSSR count). The zero-order valence-electron chi connectivity index (χ0n) is 18.6. The molecule has 0 aliphatic heterocycles. The Kier molecular flexibility index (Phi) is 14.6. The van der Waals surface area contributed by atoms with Gasteiger partial charge in [0.2, 0.25) is 0 Å². The molecule has 0 spiro atoms. The van der Waals surface area contributed by atoms with E-state index in [1.807, 2.05) is 0 Å². The van der Waals surface area contributed by atoms with Crippen molar-refractivity contribution in [2.75, 3.05) is 0 Å². The average molecular weight is 365 g/mol. The molecule has 1 heteroatoms. The van der Waals surface area contributed by atoms with Gasteiger partial charge in [-0.2, -0.15) is 0 Å². The molecule has 0 fully saturated rings. The van der Waals surface area contributed by atoms with Gasteiger partial charge in [0.05, 0.1) is 0 Å². The van der Waals surface area contributed by atoms with Gasteiger partial charge in [-0.3, -0.25) is 0 Å². The summed E-state index contributed by atoms with van der Waals surface area (Å²) in [4.78, 5) is 0. The van der Waals surface area contributed by atoms with Crippen molar-refractivity contribution in [3.05, 3.63) is 24.3 Å². The van der Waals surface area contributed by atoms with Crippen LogP contribution in [0, 0.1) is 17.8 Å². The van der Waals surface area contributed by atoms with Crippen molar-refractivity contribution in [1.29, 1.82) is 0 Å². The van der Waals surface area contributed by atoms with Gasteiger partial charge in [-0.1, -0.05) is 116 Å². The van der Waals surface area contributed by atoms with Crippen LogP contribution < -0.4 is 0 Å². The molecule has 148 valence electrons. The Morgan fingerprint density at radius 2 is 1.44 bits per heavy atom. The highest BCUT2D eigenvalue weighted by atomic mass is 28.3. The van der Waals surface area contributed by atoms with E-state index in [1.54, 1.807) is 0 Å². The Morgan fingerprint density at radius 1 is 0.800 bits per heavy atom. The monoisotopic (exact) mass is 364 g/mol. The molecule has 0 aliphatic rings. The summed E-state index contributed by atoms with van der Waals surface area (Å²) in [5.74, 6) is 2.48. The van der Waals surface area contributed by atoms with E-state index in [2.05, 4.69) is 71.6 Å². The summed E-state index contributed by atoms with van der Waals surface area (Å²) in [5.41, 5.74) is 0. The first-order valence-electron chi connectivity index (χ1n) is 11.1. The van der Waals surface area contributed by atoms with Gasteiger partial charge in [0, 0.05) is 8.07 Å². The van der Waals surface area contributed by atoms with Crippen molar-refractivity contribution < 1.29 is 0 Å². The average Bonchev–Trinajstić information content (AvgIpc) is 2.49. The molecule has 0 aliphatic carbocycles. The lowest BCUT2D eigenvalue weighted by Crippen LogP contribution is -2.25. The van der Waals surface area contributed by atoms with E-state index in [4.69, 9.17) is 0 Å². The van der Waals surface area contributed by atoms with Crippen LogP contribution in [0.3, 0.4) is 0 Å². The van der Waals surface area contributed by atoms with Gasteiger partial charge in [-0.05, 0) is 37.0 Å². The van der Waals surface area contributed by atoms with Gasteiger partial charge in [-0.25, -0.2) is 0 Å². The lowest BCUT2D eigenvalue weighted by atomic mass is 9.91. The lowest BCUT2D eigenvalue weighted by molar-refractivity contribution is 0.428. The molecule has 2 unspecified atom stereocenters. The number of hydrogen-bond acceptors (Lipinski definition) is 0. The molecule has 0 aromatic rings. The Balaban J connectivity index is 3.94. The zero-order chi connectivity index (χ0) is 19.1. The van der Waals surface area contributed by atoms with Gasteiger partial charge in [0.15, 0.2) is 0 Å². The maximum Gasteiger partial charge on any atom is 0.0445 e. The summed E-state index contributed by atoms with van der Waals surface area (Å²) in [6, 6.07) is 1.45. The fourth-order valence-electron chi connectivity index (χ4n) is 3.75. The first-order valence-corrected chi connectivity index (χ1v) is 14.8. The second-order valence-electron chi connectivity index (χ2n) is 9.75. The van der Waals surface area contributed by atoms with Crippen molar-refractivity contribution in [3.8, 4) is 0 Å². The van der Waals surface area contributed by atoms with Crippen molar-refractivity contribution in [1.82, 2.24) is 0 Å². The second kappa shape index (κ2) is 14.8. The van der Waals surface area contributed by atoms with Crippen LogP contribution in [0.15, 0.2) is 24.3 Å². The van der Waals surface area contributed by atoms with Crippen LogP contribution in [-0.4, -0.2) is 8.07 Å². The van der Waals surface area contributed by atoms with Crippen molar-refractivity contribution in [3.63, 3.8) is 0 Å². The van der Waals surface area contributed by atoms with Crippen LogP contribution in [0.2, 0.25) is 25.7 Å². The largest absolute Gasteiger partial charge is 0.0845 e. The standard InChI is InChI=1S/C24H48Si/c1-8-18-24(23(4)21-25(5,6)7)20-17-15-13-11-9-10-12-14-16-19-22(2)3/h13,15,17,20,22-24H,8-12,14,16,18-19,21H2,1-7H3/b15-13+,20-17+. The van der Waals surface area contributed by atoms with Gasteiger partial charge in [-0.15, -0.1) is 0 Å².